The topological polar surface area (TPSA) is 42.1 Å². The second-order valence-electron chi connectivity index (χ2n) is 5.81. The van der Waals surface area contributed by atoms with E-state index in [1.807, 2.05) is 0 Å². The van der Waals surface area contributed by atoms with Crippen LogP contribution in [0.5, 0.6) is 0 Å². The summed E-state index contributed by atoms with van der Waals surface area (Å²) in [6, 6.07) is 5.09. The van der Waals surface area contributed by atoms with E-state index in [1.165, 1.54) is 42.8 Å². The molecule has 2 N–H and O–H groups in total. The maximum atomic E-state index is 5.83. The van der Waals surface area contributed by atoms with Gasteiger partial charge in [0.1, 0.15) is 5.82 Å². The summed E-state index contributed by atoms with van der Waals surface area (Å²) in [5.41, 5.74) is 8.62. The Kier molecular flexibility index (Phi) is 3.25. The zero-order chi connectivity index (χ0) is 12.5. The predicted molar refractivity (Wildman–Crippen MR) is 74.8 cm³/mol. The second kappa shape index (κ2) is 4.88. The SMILES string of the molecule is CC1CCC(CN)CN1c1ccc2c(n1)CCC2. The fraction of sp³-hybridized carbons (Fsp3) is 0.667. The Morgan fingerprint density at radius 2 is 2.22 bits per heavy atom. The third-order valence-electron chi connectivity index (χ3n) is 4.52. The van der Waals surface area contributed by atoms with Crippen molar-refractivity contribution in [1.29, 1.82) is 0 Å². The van der Waals surface area contributed by atoms with Gasteiger partial charge in [-0.1, -0.05) is 6.07 Å². The smallest absolute Gasteiger partial charge is 0.129 e. The maximum Gasteiger partial charge on any atom is 0.129 e. The van der Waals surface area contributed by atoms with E-state index in [1.54, 1.807) is 0 Å². The number of piperidine rings is 1. The Bertz CT molecular complexity index is 430. The highest BCUT2D eigenvalue weighted by molar-refractivity contribution is 5.44. The minimum Gasteiger partial charge on any atom is -0.354 e. The summed E-state index contributed by atoms with van der Waals surface area (Å²) in [6.45, 7) is 4.18. The van der Waals surface area contributed by atoms with E-state index in [2.05, 4.69) is 24.0 Å². The Morgan fingerprint density at radius 3 is 3.06 bits per heavy atom. The molecule has 1 saturated heterocycles. The van der Waals surface area contributed by atoms with Gasteiger partial charge < -0.3 is 10.6 Å². The molecule has 0 radical (unpaired) electrons. The third-order valence-corrected chi connectivity index (χ3v) is 4.52. The number of fused-ring (bicyclic) bond motifs is 1. The van der Waals surface area contributed by atoms with Crippen molar-refractivity contribution >= 4 is 5.82 Å². The van der Waals surface area contributed by atoms with Crippen molar-refractivity contribution in [2.24, 2.45) is 11.7 Å². The number of nitrogens with zero attached hydrogens (tertiary/aromatic N) is 2. The van der Waals surface area contributed by atoms with Crippen LogP contribution in [0.15, 0.2) is 12.1 Å². The van der Waals surface area contributed by atoms with Gasteiger partial charge in [-0.2, -0.15) is 0 Å². The molecule has 1 fully saturated rings. The van der Waals surface area contributed by atoms with Gasteiger partial charge in [0.15, 0.2) is 0 Å². The van der Waals surface area contributed by atoms with E-state index in [-0.39, 0.29) is 0 Å². The average Bonchev–Trinajstić information content (AvgIpc) is 2.86. The Labute approximate surface area is 109 Å². The minimum absolute atomic E-state index is 0.597. The lowest BCUT2D eigenvalue weighted by atomic mass is 9.93. The number of hydrogen-bond acceptors (Lipinski definition) is 3. The number of aromatic nitrogens is 1. The summed E-state index contributed by atoms with van der Waals surface area (Å²) in [4.78, 5) is 7.34. The van der Waals surface area contributed by atoms with Crippen molar-refractivity contribution in [3.63, 3.8) is 0 Å². The van der Waals surface area contributed by atoms with Gasteiger partial charge in [-0.15, -0.1) is 0 Å². The van der Waals surface area contributed by atoms with Gasteiger partial charge in [-0.25, -0.2) is 4.98 Å². The summed E-state index contributed by atoms with van der Waals surface area (Å²) >= 11 is 0. The van der Waals surface area contributed by atoms with E-state index in [0.717, 1.165) is 19.5 Å². The average molecular weight is 245 g/mol. The van der Waals surface area contributed by atoms with Crippen molar-refractivity contribution in [3.05, 3.63) is 23.4 Å². The van der Waals surface area contributed by atoms with E-state index in [0.29, 0.717) is 12.0 Å². The third kappa shape index (κ3) is 2.12. The van der Waals surface area contributed by atoms with Gasteiger partial charge in [-0.3, -0.25) is 0 Å². The molecule has 2 heterocycles. The summed E-state index contributed by atoms with van der Waals surface area (Å²) < 4.78 is 0. The van der Waals surface area contributed by atoms with Crippen LogP contribution >= 0.6 is 0 Å². The molecular formula is C15H23N3. The van der Waals surface area contributed by atoms with Gasteiger partial charge in [0.2, 0.25) is 0 Å². The van der Waals surface area contributed by atoms with Crippen molar-refractivity contribution in [3.8, 4) is 0 Å². The molecule has 18 heavy (non-hydrogen) atoms. The van der Waals surface area contributed by atoms with Gasteiger partial charge >= 0.3 is 0 Å². The zero-order valence-corrected chi connectivity index (χ0v) is 11.2. The Morgan fingerprint density at radius 1 is 1.33 bits per heavy atom. The first-order valence-corrected chi connectivity index (χ1v) is 7.23. The van der Waals surface area contributed by atoms with E-state index in [9.17, 15) is 0 Å². The highest BCUT2D eigenvalue weighted by atomic mass is 15.2. The Hall–Kier alpha value is -1.09. The van der Waals surface area contributed by atoms with Crippen LogP contribution < -0.4 is 10.6 Å². The molecule has 98 valence electrons. The van der Waals surface area contributed by atoms with Crippen LogP contribution in [0.2, 0.25) is 0 Å². The minimum atomic E-state index is 0.597. The first-order chi connectivity index (χ1) is 8.78. The number of aryl methyl sites for hydroxylation is 2. The van der Waals surface area contributed by atoms with Crippen molar-refractivity contribution in [2.45, 2.75) is 45.1 Å². The van der Waals surface area contributed by atoms with Gasteiger partial charge in [0.05, 0.1) is 0 Å². The largest absolute Gasteiger partial charge is 0.354 e. The van der Waals surface area contributed by atoms with Crippen molar-refractivity contribution < 1.29 is 0 Å². The van der Waals surface area contributed by atoms with Gasteiger partial charge in [0, 0.05) is 18.3 Å². The van der Waals surface area contributed by atoms with Crippen LogP contribution in [0.4, 0.5) is 5.82 Å². The first kappa shape index (κ1) is 12.0. The van der Waals surface area contributed by atoms with E-state index < -0.39 is 0 Å². The zero-order valence-electron chi connectivity index (χ0n) is 11.2. The summed E-state index contributed by atoms with van der Waals surface area (Å²) in [5, 5.41) is 0. The molecule has 0 saturated carbocycles. The van der Waals surface area contributed by atoms with Crippen LogP contribution in [0.3, 0.4) is 0 Å². The second-order valence-corrected chi connectivity index (χ2v) is 5.81. The molecule has 1 aromatic rings. The van der Waals surface area contributed by atoms with Crippen molar-refractivity contribution in [2.75, 3.05) is 18.0 Å². The summed E-state index contributed by atoms with van der Waals surface area (Å²) in [7, 11) is 0. The molecule has 1 aliphatic heterocycles. The lowest BCUT2D eigenvalue weighted by Gasteiger charge is -2.38. The molecule has 3 nitrogen and oxygen atoms in total. The highest BCUT2D eigenvalue weighted by Crippen LogP contribution is 2.28. The molecule has 3 rings (SSSR count). The van der Waals surface area contributed by atoms with Crippen molar-refractivity contribution in [1.82, 2.24) is 4.98 Å². The van der Waals surface area contributed by atoms with Crippen LogP contribution in [0.25, 0.3) is 0 Å². The molecule has 3 heteroatoms. The number of pyridine rings is 1. The molecule has 0 amide bonds. The van der Waals surface area contributed by atoms with E-state index in [4.69, 9.17) is 10.7 Å². The first-order valence-electron chi connectivity index (χ1n) is 7.23. The summed E-state index contributed by atoms with van der Waals surface area (Å²) in [5.74, 6) is 1.80. The lowest BCUT2D eigenvalue weighted by Crippen LogP contribution is -2.44. The molecule has 1 aliphatic carbocycles. The molecule has 1 aromatic heterocycles. The van der Waals surface area contributed by atoms with Crippen LogP contribution in [-0.4, -0.2) is 24.1 Å². The molecule has 0 aromatic carbocycles. The molecule has 2 atom stereocenters. The lowest BCUT2D eigenvalue weighted by molar-refractivity contribution is 0.372. The van der Waals surface area contributed by atoms with Crippen LogP contribution in [0.1, 0.15) is 37.4 Å². The molecule has 2 aliphatic rings. The number of anilines is 1. The number of rotatable bonds is 2. The molecule has 0 spiro atoms. The van der Waals surface area contributed by atoms with Crippen LogP contribution in [-0.2, 0) is 12.8 Å². The van der Waals surface area contributed by atoms with Gasteiger partial charge in [0.25, 0.3) is 0 Å². The fourth-order valence-corrected chi connectivity index (χ4v) is 3.26. The molecule has 2 unspecified atom stereocenters. The number of hydrogen-bond donors (Lipinski definition) is 1. The standard InChI is InChI=1S/C15H23N3/c1-11-5-6-12(9-16)10-18(11)15-8-7-13-3-2-4-14(13)17-15/h7-8,11-12H,2-6,9-10,16H2,1H3. The molecule has 0 bridgehead atoms. The maximum absolute atomic E-state index is 5.83. The fourth-order valence-electron chi connectivity index (χ4n) is 3.26. The Balaban J connectivity index is 1.84. The van der Waals surface area contributed by atoms with E-state index >= 15 is 0 Å². The highest BCUT2D eigenvalue weighted by Gasteiger charge is 2.26. The molecular weight excluding hydrogens is 222 g/mol. The number of nitrogens with two attached hydrogens (primary N) is 1. The predicted octanol–water partition coefficient (Wildman–Crippen LogP) is 2.13. The quantitative estimate of drug-likeness (QED) is 0.868. The monoisotopic (exact) mass is 245 g/mol. The normalized spacial score (nSPS) is 27.3. The summed E-state index contributed by atoms with van der Waals surface area (Å²) in [6.07, 6.45) is 6.14. The van der Waals surface area contributed by atoms with Crippen LogP contribution in [0, 0.1) is 5.92 Å². The van der Waals surface area contributed by atoms with Gasteiger partial charge in [-0.05, 0) is 63.1 Å².